The number of carbonyl (C=O) groups is 2. The number of piperazine rings is 1. The Morgan fingerprint density at radius 3 is 2.38 bits per heavy atom. The lowest BCUT2D eigenvalue weighted by Crippen LogP contribution is -2.54. The maximum atomic E-state index is 12.7. The molecular formula is C15H21ClN4O4S2. The first-order valence-electron chi connectivity index (χ1n) is 8.37. The highest BCUT2D eigenvalue weighted by atomic mass is 35.5. The monoisotopic (exact) mass is 420 g/mol. The minimum absolute atomic E-state index is 0.0350. The van der Waals surface area contributed by atoms with Crippen LogP contribution in [0.15, 0.2) is 16.3 Å². The number of carbonyl (C=O) groups excluding carboxylic acids is 2. The molecule has 2 saturated heterocycles. The number of hydrogen-bond acceptors (Lipinski definition) is 5. The molecule has 2 aliphatic rings. The predicted octanol–water partition coefficient (Wildman–Crippen LogP) is 1.03. The van der Waals surface area contributed by atoms with Gasteiger partial charge in [0.2, 0.25) is 5.91 Å². The smallest absolute Gasteiger partial charge is 0.314 e. The summed E-state index contributed by atoms with van der Waals surface area (Å²) in [5.74, 6) is -0.303. The van der Waals surface area contributed by atoms with E-state index in [1.165, 1.54) is 15.3 Å². The van der Waals surface area contributed by atoms with Crippen LogP contribution in [-0.2, 0) is 14.8 Å². The van der Waals surface area contributed by atoms with Crippen molar-refractivity contribution in [3.05, 3.63) is 16.5 Å². The van der Waals surface area contributed by atoms with Gasteiger partial charge in [-0.25, -0.2) is 13.2 Å². The first kappa shape index (κ1) is 19.4. The highest BCUT2D eigenvalue weighted by Crippen LogP contribution is 2.29. The van der Waals surface area contributed by atoms with Gasteiger partial charge in [0.05, 0.1) is 10.3 Å². The standard InChI is InChI=1S/C15H21ClN4O4S2/c16-12-3-4-13(25-12)26(23,24)20-8-6-18(7-9-20)14(21)11-2-1-5-19(10-11)15(17)22/h3-4,11H,1-2,5-10H2,(H2,17,22)/t11-/m1/s1. The van der Waals surface area contributed by atoms with Crippen LogP contribution in [-0.4, -0.2) is 73.7 Å². The highest BCUT2D eigenvalue weighted by Gasteiger charge is 2.35. The summed E-state index contributed by atoms with van der Waals surface area (Å²) in [6.07, 6.45) is 1.46. The Kier molecular flexibility index (Phi) is 5.75. The molecular weight excluding hydrogens is 400 g/mol. The Hall–Kier alpha value is -1.36. The Morgan fingerprint density at radius 2 is 1.81 bits per heavy atom. The van der Waals surface area contributed by atoms with Crippen molar-refractivity contribution in [1.82, 2.24) is 14.1 Å². The van der Waals surface area contributed by atoms with Gasteiger partial charge in [0, 0.05) is 39.3 Å². The normalized spacial score (nSPS) is 22.4. The average Bonchev–Trinajstić information content (AvgIpc) is 3.08. The third-order valence-corrected chi connectivity index (χ3v) is 8.37. The topological polar surface area (TPSA) is 104 Å². The predicted molar refractivity (Wildman–Crippen MR) is 98.5 cm³/mol. The van der Waals surface area contributed by atoms with Crippen LogP contribution >= 0.6 is 22.9 Å². The zero-order valence-corrected chi connectivity index (χ0v) is 16.5. The van der Waals surface area contributed by atoms with Crippen LogP contribution in [0, 0.1) is 5.92 Å². The molecule has 3 rings (SSSR count). The van der Waals surface area contributed by atoms with Crippen LogP contribution in [0.1, 0.15) is 12.8 Å². The summed E-state index contributed by atoms with van der Waals surface area (Å²) in [6.45, 7) is 2.08. The third kappa shape index (κ3) is 3.98. The highest BCUT2D eigenvalue weighted by molar-refractivity contribution is 7.91. The van der Waals surface area contributed by atoms with E-state index >= 15 is 0 Å². The van der Waals surface area contributed by atoms with Crippen molar-refractivity contribution in [2.24, 2.45) is 11.7 Å². The second-order valence-electron chi connectivity index (χ2n) is 6.41. The summed E-state index contributed by atoms with van der Waals surface area (Å²) in [5, 5.41) is 0. The summed E-state index contributed by atoms with van der Waals surface area (Å²) in [6, 6.07) is 2.56. The summed E-state index contributed by atoms with van der Waals surface area (Å²) in [4.78, 5) is 27.2. The third-order valence-electron chi connectivity index (χ3n) is 4.78. The molecule has 1 atom stereocenters. The summed E-state index contributed by atoms with van der Waals surface area (Å²) in [5.41, 5.74) is 5.31. The molecule has 1 aromatic rings. The Morgan fingerprint density at radius 1 is 1.12 bits per heavy atom. The first-order valence-corrected chi connectivity index (χ1v) is 11.0. The first-order chi connectivity index (χ1) is 12.3. The molecule has 0 saturated carbocycles. The number of rotatable bonds is 3. The zero-order valence-electron chi connectivity index (χ0n) is 14.1. The van der Waals surface area contributed by atoms with Gasteiger partial charge < -0.3 is 15.5 Å². The molecule has 26 heavy (non-hydrogen) atoms. The van der Waals surface area contributed by atoms with Crippen LogP contribution in [0.5, 0.6) is 0 Å². The van der Waals surface area contributed by atoms with Gasteiger partial charge in [-0.1, -0.05) is 11.6 Å². The van der Waals surface area contributed by atoms with E-state index in [2.05, 4.69) is 0 Å². The van der Waals surface area contributed by atoms with Crippen molar-refractivity contribution in [1.29, 1.82) is 0 Å². The quantitative estimate of drug-likeness (QED) is 0.788. The number of hydrogen-bond donors (Lipinski definition) is 1. The van der Waals surface area contributed by atoms with Gasteiger partial charge in [0.15, 0.2) is 0 Å². The largest absolute Gasteiger partial charge is 0.351 e. The van der Waals surface area contributed by atoms with Gasteiger partial charge in [-0.3, -0.25) is 4.79 Å². The van der Waals surface area contributed by atoms with E-state index in [1.54, 1.807) is 11.0 Å². The molecule has 3 amide bonds. The minimum Gasteiger partial charge on any atom is -0.351 e. The van der Waals surface area contributed by atoms with Gasteiger partial charge in [-0.05, 0) is 25.0 Å². The van der Waals surface area contributed by atoms with Gasteiger partial charge >= 0.3 is 6.03 Å². The number of sulfonamides is 1. The summed E-state index contributed by atoms with van der Waals surface area (Å²) in [7, 11) is -3.58. The number of primary amides is 1. The van der Waals surface area contributed by atoms with E-state index in [0.29, 0.717) is 30.5 Å². The average molecular weight is 421 g/mol. The van der Waals surface area contributed by atoms with Crippen molar-refractivity contribution in [2.45, 2.75) is 17.1 Å². The SMILES string of the molecule is NC(=O)N1CCC[C@@H](C(=O)N2CCN(S(=O)(=O)c3ccc(Cl)s3)CC2)C1. The van der Waals surface area contributed by atoms with Crippen molar-refractivity contribution in [3.63, 3.8) is 0 Å². The van der Waals surface area contributed by atoms with Crippen LogP contribution in [0.3, 0.4) is 0 Å². The maximum Gasteiger partial charge on any atom is 0.314 e. The van der Waals surface area contributed by atoms with E-state index < -0.39 is 16.1 Å². The van der Waals surface area contributed by atoms with Crippen molar-refractivity contribution < 1.29 is 18.0 Å². The molecule has 2 aliphatic heterocycles. The van der Waals surface area contributed by atoms with Gasteiger partial charge in [0.1, 0.15) is 4.21 Å². The molecule has 0 bridgehead atoms. The fraction of sp³-hybridized carbons (Fsp3) is 0.600. The number of likely N-dealkylation sites (tertiary alicyclic amines) is 1. The van der Waals surface area contributed by atoms with Crippen LogP contribution in [0.2, 0.25) is 4.34 Å². The number of nitrogens with zero attached hydrogens (tertiary/aromatic N) is 3. The number of halogens is 1. The lowest BCUT2D eigenvalue weighted by atomic mass is 9.96. The lowest BCUT2D eigenvalue weighted by Gasteiger charge is -2.38. The van der Waals surface area contributed by atoms with Crippen LogP contribution in [0.25, 0.3) is 0 Å². The molecule has 2 N–H and O–H groups in total. The number of piperidine rings is 1. The molecule has 2 fully saturated rings. The van der Waals surface area contributed by atoms with Gasteiger partial charge in [-0.15, -0.1) is 11.3 Å². The molecule has 0 unspecified atom stereocenters. The fourth-order valence-electron chi connectivity index (χ4n) is 3.35. The van der Waals surface area contributed by atoms with Gasteiger partial charge in [0.25, 0.3) is 10.0 Å². The molecule has 144 valence electrons. The maximum absolute atomic E-state index is 12.7. The van der Waals surface area contributed by atoms with Crippen LogP contribution in [0.4, 0.5) is 4.79 Å². The Bertz CT molecular complexity index is 789. The van der Waals surface area contributed by atoms with E-state index in [-0.39, 0.29) is 29.1 Å². The minimum atomic E-state index is -3.58. The molecule has 1 aromatic heterocycles. The molecule has 8 nitrogen and oxygen atoms in total. The van der Waals surface area contributed by atoms with Crippen molar-refractivity contribution in [2.75, 3.05) is 39.3 Å². The van der Waals surface area contributed by atoms with E-state index in [9.17, 15) is 18.0 Å². The number of amides is 3. The van der Waals surface area contributed by atoms with Crippen molar-refractivity contribution in [3.8, 4) is 0 Å². The second kappa shape index (κ2) is 7.71. The van der Waals surface area contributed by atoms with Crippen molar-refractivity contribution >= 4 is 44.9 Å². The van der Waals surface area contributed by atoms with E-state index in [4.69, 9.17) is 17.3 Å². The summed E-state index contributed by atoms with van der Waals surface area (Å²) >= 11 is 6.86. The summed E-state index contributed by atoms with van der Waals surface area (Å²) < 4.78 is 27.2. The van der Waals surface area contributed by atoms with E-state index in [0.717, 1.165) is 24.2 Å². The van der Waals surface area contributed by atoms with E-state index in [1.807, 2.05) is 0 Å². The molecule has 3 heterocycles. The van der Waals surface area contributed by atoms with Crippen LogP contribution < -0.4 is 5.73 Å². The number of nitrogens with two attached hydrogens (primary N) is 1. The molecule has 0 aromatic carbocycles. The zero-order chi connectivity index (χ0) is 18.9. The Labute approximate surface area is 161 Å². The van der Waals surface area contributed by atoms with Gasteiger partial charge in [-0.2, -0.15) is 4.31 Å². The fourth-order valence-corrected chi connectivity index (χ4v) is 6.41. The molecule has 0 radical (unpaired) electrons. The second-order valence-corrected chi connectivity index (χ2v) is 10.3. The Balaban J connectivity index is 1.59. The number of thiophene rings is 1. The molecule has 0 spiro atoms. The number of urea groups is 1. The lowest BCUT2D eigenvalue weighted by molar-refractivity contribution is -0.138. The molecule has 11 heteroatoms. The molecule has 0 aliphatic carbocycles.